The normalized spacial score (nSPS) is 13.1. The fourth-order valence-electron chi connectivity index (χ4n) is 1.53. The lowest BCUT2D eigenvalue weighted by Crippen LogP contribution is -2.32. The molecule has 0 aliphatic carbocycles. The zero-order valence-electron chi connectivity index (χ0n) is 12.0. The lowest BCUT2D eigenvalue weighted by atomic mass is 10.1. The molecule has 1 aromatic carbocycles. The van der Waals surface area contributed by atoms with Gasteiger partial charge < -0.3 is 10.4 Å². The predicted molar refractivity (Wildman–Crippen MR) is 80.8 cm³/mol. The molecule has 0 aliphatic rings. The molecule has 1 rings (SSSR count). The van der Waals surface area contributed by atoms with Crippen LogP contribution in [0, 0.1) is 6.92 Å². The molecule has 2 N–H and O–H groups in total. The first-order valence-electron chi connectivity index (χ1n) is 6.12. The van der Waals surface area contributed by atoms with Crippen molar-refractivity contribution in [3.05, 3.63) is 35.4 Å². The average Bonchev–Trinajstić information content (AvgIpc) is 2.37. The first kappa shape index (κ1) is 16.9. The molecule has 114 valence electrons. The van der Waals surface area contributed by atoms with Gasteiger partial charge in [0, 0.05) is 18.0 Å². The third-order valence-electron chi connectivity index (χ3n) is 2.94. The van der Waals surface area contributed by atoms with Crippen LogP contribution in [0.1, 0.15) is 18.1 Å². The van der Waals surface area contributed by atoms with Crippen LogP contribution in [-0.4, -0.2) is 36.9 Å². The van der Waals surface area contributed by atoms with Crippen LogP contribution in [0.15, 0.2) is 24.3 Å². The van der Waals surface area contributed by atoms with E-state index in [4.69, 9.17) is 5.11 Å². The molecule has 0 heterocycles. The van der Waals surface area contributed by atoms with Crippen molar-refractivity contribution in [1.29, 1.82) is 0 Å². The fraction of sp³-hybridized carbons (Fsp3) is 0.286. The van der Waals surface area contributed by atoms with Crippen LogP contribution in [-0.2, 0) is 19.4 Å². The summed E-state index contributed by atoms with van der Waals surface area (Å²) >= 11 is 0. The Morgan fingerprint density at radius 2 is 1.95 bits per heavy atom. The Balaban J connectivity index is 2.92. The number of amides is 1. The van der Waals surface area contributed by atoms with Crippen LogP contribution in [0.2, 0.25) is 0 Å². The molecule has 0 bridgehead atoms. The minimum atomic E-state index is -3.45. The molecule has 0 saturated carbocycles. The molecule has 0 fully saturated rings. The van der Waals surface area contributed by atoms with E-state index in [0.29, 0.717) is 16.8 Å². The lowest BCUT2D eigenvalue weighted by Gasteiger charge is -2.12. The Morgan fingerprint density at radius 3 is 2.43 bits per heavy atom. The summed E-state index contributed by atoms with van der Waals surface area (Å²) in [5.41, 5.74) is 1.86. The van der Waals surface area contributed by atoms with Crippen LogP contribution in [0.4, 0.5) is 5.69 Å². The molecule has 1 unspecified atom stereocenters. The van der Waals surface area contributed by atoms with Crippen molar-refractivity contribution >= 4 is 33.5 Å². The van der Waals surface area contributed by atoms with Gasteiger partial charge in [0.1, 0.15) is 5.25 Å². The molecule has 1 aromatic rings. The molecule has 0 spiro atoms. The zero-order chi connectivity index (χ0) is 16.2. The van der Waals surface area contributed by atoms with Crippen molar-refractivity contribution in [3.63, 3.8) is 0 Å². The molecule has 1 atom stereocenters. The minimum absolute atomic E-state index is 0.489. The number of sulfone groups is 1. The number of carboxylic acids is 1. The maximum Gasteiger partial charge on any atom is 0.328 e. The van der Waals surface area contributed by atoms with E-state index in [9.17, 15) is 18.0 Å². The Bertz CT molecular complexity index is 691. The summed E-state index contributed by atoms with van der Waals surface area (Å²) in [6.07, 6.45) is 3.45. The maximum absolute atomic E-state index is 11.8. The summed E-state index contributed by atoms with van der Waals surface area (Å²) in [5, 5.41) is 9.97. The quantitative estimate of drug-likeness (QED) is 0.802. The van der Waals surface area contributed by atoms with Crippen LogP contribution < -0.4 is 5.32 Å². The summed E-state index contributed by atoms with van der Waals surface area (Å²) in [6.45, 7) is 3.06. The maximum atomic E-state index is 11.8. The Labute approximate surface area is 123 Å². The number of benzene rings is 1. The topological polar surface area (TPSA) is 101 Å². The number of aryl methyl sites for hydroxylation is 1. The summed E-state index contributed by atoms with van der Waals surface area (Å²) in [7, 11) is -3.45. The van der Waals surface area contributed by atoms with Crippen molar-refractivity contribution in [1.82, 2.24) is 0 Å². The van der Waals surface area contributed by atoms with Crippen molar-refractivity contribution < 1.29 is 23.1 Å². The Kier molecular flexibility index (Phi) is 5.26. The van der Waals surface area contributed by atoms with E-state index in [2.05, 4.69) is 5.32 Å². The van der Waals surface area contributed by atoms with Gasteiger partial charge in [-0.1, -0.05) is 6.07 Å². The van der Waals surface area contributed by atoms with Crippen molar-refractivity contribution in [2.45, 2.75) is 19.1 Å². The van der Waals surface area contributed by atoms with Crippen molar-refractivity contribution in [2.24, 2.45) is 0 Å². The number of carbonyl (C=O) groups excluding carboxylic acids is 1. The summed E-state index contributed by atoms with van der Waals surface area (Å²) in [5.74, 6) is -1.65. The molecule has 0 saturated heterocycles. The number of anilines is 1. The zero-order valence-corrected chi connectivity index (χ0v) is 12.8. The second-order valence-electron chi connectivity index (χ2n) is 4.71. The van der Waals surface area contributed by atoms with Crippen LogP contribution in [0.5, 0.6) is 0 Å². The number of carbonyl (C=O) groups is 2. The third-order valence-corrected chi connectivity index (χ3v) is 4.44. The van der Waals surface area contributed by atoms with E-state index in [-0.39, 0.29) is 0 Å². The Morgan fingerprint density at radius 1 is 1.33 bits per heavy atom. The molecule has 0 aromatic heterocycles. The highest BCUT2D eigenvalue weighted by atomic mass is 32.2. The largest absolute Gasteiger partial charge is 0.478 e. The van der Waals surface area contributed by atoms with E-state index < -0.39 is 27.0 Å². The van der Waals surface area contributed by atoms with E-state index in [1.807, 2.05) is 0 Å². The highest BCUT2D eigenvalue weighted by molar-refractivity contribution is 7.92. The van der Waals surface area contributed by atoms with Gasteiger partial charge in [0.15, 0.2) is 9.84 Å². The minimum Gasteiger partial charge on any atom is -0.478 e. The van der Waals surface area contributed by atoms with E-state index >= 15 is 0 Å². The SMILES string of the molecule is Cc1cc(/C=C/C(=O)O)ccc1NC(=O)C(C)S(C)(=O)=O. The number of hydrogen-bond acceptors (Lipinski definition) is 4. The van der Waals surface area contributed by atoms with Crippen molar-refractivity contribution in [2.75, 3.05) is 11.6 Å². The highest BCUT2D eigenvalue weighted by Gasteiger charge is 2.23. The lowest BCUT2D eigenvalue weighted by molar-refractivity contribution is -0.131. The molecular weight excluding hydrogens is 294 g/mol. The smallest absolute Gasteiger partial charge is 0.328 e. The van der Waals surface area contributed by atoms with Gasteiger partial charge in [0.05, 0.1) is 0 Å². The molecule has 21 heavy (non-hydrogen) atoms. The number of rotatable bonds is 5. The van der Waals surface area contributed by atoms with Gasteiger partial charge in [-0.2, -0.15) is 0 Å². The van der Waals surface area contributed by atoms with Gasteiger partial charge >= 0.3 is 5.97 Å². The van der Waals surface area contributed by atoms with E-state index in [1.165, 1.54) is 13.0 Å². The number of nitrogens with one attached hydrogen (secondary N) is 1. The van der Waals surface area contributed by atoms with Gasteiger partial charge in [-0.15, -0.1) is 0 Å². The Hall–Kier alpha value is -2.15. The first-order chi connectivity index (χ1) is 9.61. The predicted octanol–water partition coefficient (Wildman–Crippen LogP) is 1.46. The van der Waals surface area contributed by atoms with Gasteiger partial charge in [0.25, 0.3) is 0 Å². The standard InChI is InChI=1S/C14H17NO5S/c1-9-8-11(5-7-13(16)17)4-6-12(9)15-14(18)10(2)21(3,19)20/h4-8,10H,1-3H3,(H,15,18)(H,16,17)/b7-5+. The monoisotopic (exact) mass is 311 g/mol. The summed E-state index contributed by atoms with van der Waals surface area (Å²) < 4.78 is 22.7. The van der Waals surface area contributed by atoms with E-state index in [1.54, 1.807) is 25.1 Å². The molecular formula is C14H17NO5S. The molecule has 7 heteroatoms. The summed E-state index contributed by atoms with van der Waals surface area (Å²) in [6, 6.07) is 4.93. The second kappa shape index (κ2) is 6.53. The molecule has 0 aliphatic heterocycles. The van der Waals surface area contributed by atoms with E-state index in [0.717, 1.165) is 12.3 Å². The van der Waals surface area contributed by atoms with Gasteiger partial charge in [-0.3, -0.25) is 4.79 Å². The second-order valence-corrected chi connectivity index (χ2v) is 7.07. The first-order valence-corrected chi connectivity index (χ1v) is 8.08. The third kappa shape index (κ3) is 5.03. The van der Waals surface area contributed by atoms with Gasteiger partial charge in [-0.25, -0.2) is 13.2 Å². The van der Waals surface area contributed by atoms with Gasteiger partial charge in [0.2, 0.25) is 5.91 Å². The van der Waals surface area contributed by atoms with Crippen LogP contribution >= 0.6 is 0 Å². The number of hydrogen-bond donors (Lipinski definition) is 2. The average molecular weight is 311 g/mol. The summed E-state index contributed by atoms with van der Waals surface area (Å²) in [4.78, 5) is 22.3. The van der Waals surface area contributed by atoms with Crippen LogP contribution in [0.25, 0.3) is 6.08 Å². The molecule has 6 nitrogen and oxygen atoms in total. The molecule has 1 amide bonds. The number of aliphatic carboxylic acids is 1. The molecule has 0 radical (unpaired) electrons. The fourth-order valence-corrected chi connectivity index (χ4v) is 1.97. The van der Waals surface area contributed by atoms with Crippen LogP contribution in [0.3, 0.4) is 0 Å². The van der Waals surface area contributed by atoms with Gasteiger partial charge in [-0.05, 0) is 43.2 Å². The highest BCUT2D eigenvalue weighted by Crippen LogP contribution is 2.18. The number of carboxylic acid groups (broad SMARTS) is 1. The van der Waals surface area contributed by atoms with Crippen molar-refractivity contribution in [3.8, 4) is 0 Å².